The monoisotopic (exact) mass is 209 g/mol. The molecule has 0 spiro atoms. The minimum Gasteiger partial charge on any atom is -0.339 e. The van der Waals surface area contributed by atoms with E-state index in [1.54, 1.807) is 0 Å². The zero-order chi connectivity index (χ0) is 10.7. The largest absolute Gasteiger partial charge is 0.339 e. The number of aromatic nitrogens is 2. The molecular weight excluding hydrogens is 190 g/mol. The molecular formula is C11H19N3O. The van der Waals surface area contributed by atoms with Crippen molar-refractivity contribution in [3.8, 4) is 0 Å². The van der Waals surface area contributed by atoms with Gasteiger partial charge in [0.15, 0.2) is 5.82 Å². The van der Waals surface area contributed by atoms with Gasteiger partial charge in [-0.3, -0.25) is 0 Å². The summed E-state index contributed by atoms with van der Waals surface area (Å²) in [6.45, 7) is 1.86. The molecule has 0 atom stereocenters. The molecule has 1 saturated carbocycles. The zero-order valence-electron chi connectivity index (χ0n) is 9.55. The Morgan fingerprint density at radius 1 is 1.33 bits per heavy atom. The van der Waals surface area contributed by atoms with Crippen LogP contribution in [0.5, 0.6) is 0 Å². The fraction of sp³-hybridized carbons (Fsp3) is 0.818. The second-order valence-electron chi connectivity index (χ2n) is 4.50. The van der Waals surface area contributed by atoms with Gasteiger partial charge in [-0.1, -0.05) is 24.4 Å². The average Bonchev–Trinajstić information content (AvgIpc) is 2.65. The van der Waals surface area contributed by atoms with Crippen molar-refractivity contribution < 1.29 is 4.52 Å². The molecule has 1 aliphatic rings. The van der Waals surface area contributed by atoms with E-state index in [2.05, 4.69) is 15.5 Å². The maximum Gasteiger partial charge on any atom is 0.228 e. The highest BCUT2D eigenvalue weighted by atomic mass is 16.5. The first kappa shape index (κ1) is 10.6. The molecule has 15 heavy (non-hydrogen) atoms. The number of rotatable bonds is 3. The Labute approximate surface area is 90.4 Å². The van der Waals surface area contributed by atoms with E-state index in [-0.39, 0.29) is 5.54 Å². The van der Waals surface area contributed by atoms with E-state index in [1.807, 2.05) is 14.0 Å². The minimum atomic E-state index is 0.192. The summed E-state index contributed by atoms with van der Waals surface area (Å²) in [4.78, 5) is 4.28. The fourth-order valence-electron chi connectivity index (χ4n) is 2.45. The lowest BCUT2D eigenvalue weighted by Gasteiger charge is -2.36. The van der Waals surface area contributed by atoms with Crippen LogP contribution in [0.1, 0.15) is 43.8 Å². The molecule has 0 saturated heterocycles. The van der Waals surface area contributed by atoms with Crippen molar-refractivity contribution in [1.29, 1.82) is 0 Å². The number of hydrogen-bond donors (Lipinski definition) is 1. The van der Waals surface area contributed by atoms with Gasteiger partial charge in [0.05, 0.1) is 0 Å². The molecule has 4 nitrogen and oxygen atoms in total. The van der Waals surface area contributed by atoms with Gasteiger partial charge in [-0.05, 0) is 26.8 Å². The first-order valence-electron chi connectivity index (χ1n) is 5.72. The Morgan fingerprint density at radius 2 is 2.07 bits per heavy atom. The molecule has 2 rings (SSSR count). The van der Waals surface area contributed by atoms with Crippen molar-refractivity contribution in [3.63, 3.8) is 0 Å². The van der Waals surface area contributed by atoms with Crippen LogP contribution in [0.25, 0.3) is 0 Å². The van der Waals surface area contributed by atoms with Crippen molar-refractivity contribution in [2.45, 2.75) is 51.0 Å². The smallest absolute Gasteiger partial charge is 0.228 e. The molecule has 0 aromatic carbocycles. The Hall–Kier alpha value is -0.900. The molecule has 1 aromatic rings. The van der Waals surface area contributed by atoms with E-state index >= 15 is 0 Å². The predicted octanol–water partition coefficient (Wildman–Crippen LogP) is 1.84. The van der Waals surface area contributed by atoms with Gasteiger partial charge in [-0.2, -0.15) is 4.98 Å². The van der Waals surface area contributed by atoms with Gasteiger partial charge in [0.25, 0.3) is 0 Å². The van der Waals surface area contributed by atoms with Crippen molar-refractivity contribution in [2.75, 3.05) is 7.05 Å². The number of aryl methyl sites for hydroxylation is 1. The first-order chi connectivity index (χ1) is 7.24. The lowest BCUT2D eigenvalue weighted by atomic mass is 9.79. The van der Waals surface area contributed by atoms with Crippen LogP contribution in [0.15, 0.2) is 4.52 Å². The summed E-state index contributed by atoms with van der Waals surface area (Å²) < 4.78 is 5.19. The standard InChI is InChI=1S/C11H19N3O/c1-9-13-10(15-14-9)8-11(12-2)6-4-3-5-7-11/h12H,3-8H2,1-2H3. The Morgan fingerprint density at radius 3 is 2.60 bits per heavy atom. The van der Waals surface area contributed by atoms with E-state index in [9.17, 15) is 0 Å². The fourth-order valence-corrected chi connectivity index (χ4v) is 2.45. The van der Waals surface area contributed by atoms with E-state index in [4.69, 9.17) is 4.52 Å². The molecule has 0 amide bonds. The quantitative estimate of drug-likeness (QED) is 0.825. The molecule has 84 valence electrons. The van der Waals surface area contributed by atoms with E-state index < -0.39 is 0 Å². The molecule has 0 radical (unpaired) electrons. The molecule has 0 unspecified atom stereocenters. The summed E-state index contributed by atoms with van der Waals surface area (Å²) in [5.74, 6) is 1.50. The summed E-state index contributed by atoms with van der Waals surface area (Å²) in [7, 11) is 2.04. The van der Waals surface area contributed by atoms with Crippen molar-refractivity contribution in [1.82, 2.24) is 15.5 Å². The normalized spacial score (nSPS) is 20.4. The maximum absolute atomic E-state index is 5.19. The van der Waals surface area contributed by atoms with Crippen LogP contribution < -0.4 is 5.32 Å². The summed E-state index contributed by atoms with van der Waals surface area (Å²) in [5.41, 5.74) is 0.192. The molecule has 1 fully saturated rings. The molecule has 0 aliphatic heterocycles. The Balaban J connectivity index is 2.06. The molecule has 1 heterocycles. The van der Waals surface area contributed by atoms with Gasteiger partial charge < -0.3 is 9.84 Å². The highest BCUT2D eigenvalue weighted by Gasteiger charge is 2.32. The molecule has 1 aliphatic carbocycles. The highest BCUT2D eigenvalue weighted by molar-refractivity contribution is 4.98. The van der Waals surface area contributed by atoms with Crippen molar-refractivity contribution in [2.24, 2.45) is 0 Å². The van der Waals surface area contributed by atoms with Crippen molar-refractivity contribution >= 4 is 0 Å². The third-order valence-electron chi connectivity index (χ3n) is 3.40. The molecule has 0 bridgehead atoms. The van der Waals surface area contributed by atoms with Gasteiger partial charge in [0.2, 0.25) is 5.89 Å². The van der Waals surface area contributed by atoms with E-state index in [0.29, 0.717) is 0 Å². The van der Waals surface area contributed by atoms with Crippen LogP contribution >= 0.6 is 0 Å². The third-order valence-corrected chi connectivity index (χ3v) is 3.40. The van der Waals surface area contributed by atoms with Crippen LogP contribution in [-0.2, 0) is 6.42 Å². The SMILES string of the molecule is CNC1(Cc2nc(C)no2)CCCCC1. The highest BCUT2D eigenvalue weighted by Crippen LogP contribution is 2.30. The van der Waals surface area contributed by atoms with Crippen LogP contribution in [0, 0.1) is 6.92 Å². The van der Waals surface area contributed by atoms with Gasteiger partial charge in [-0.25, -0.2) is 0 Å². The number of likely N-dealkylation sites (N-methyl/N-ethyl adjacent to an activating group) is 1. The Kier molecular flexibility index (Phi) is 3.05. The summed E-state index contributed by atoms with van der Waals surface area (Å²) in [6, 6.07) is 0. The summed E-state index contributed by atoms with van der Waals surface area (Å²) in [5, 5.41) is 7.28. The van der Waals surface area contributed by atoms with Crippen LogP contribution in [0.3, 0.4) is 0 Å². The second-order valence-corrected chi connectivity index (χ2v) is 4.50. The number of nitrogens with one attached hydrogen (secondary N) is 1. The Bertz CT molecular complexity index is 315. The topological polar surface area (TPSA) is 51.0 Å². The van der Waals surface area contributed by atoms with Crippen molar-refractivity contribution in [3.05, 3.63) is 11.7 Å². The van der Waals surface area contributed by atoms with E-state index in [0.717, 1.165) is 18.1 Å². The number of nitrogens with zero attached hydrogens (tertiary/aromatic N) is 2. The van der Waals surface area contributed by atoms with Gasteiger partial charge in [0, 0.05) is 12.0 Å². The van der Waals surface area contributed by atoms with Gasteiger partial charge in [-0.15, -0.1) is 0 Å². The lowest BCUT2D eigenvalue weighted by Crippen LogP contribution is -2.46. The molecule has 1 aromatic heterocycles. The summed E-state index contributed by atoms with van der Waals surface area (Å²) in [6.07, 6.45) is 7.24. The summed E-state index contributed by atoms with van der Waals surface area (Å²) >= 11 is 0. The average molecular weight is 209 g/mol. The lowest BCUT2D eigenvalue weighted by molar-refractivity contribution is 0.221. The van der Waals surface area contributed by atoms with Crippen LogP contribution in [0.4, 0.5) is 0 Å². The van der Waals surface area contributed by atoms with Crippen LogP contribution in [-0.4, -0.2) is 22.7 Å². The second kappa shape index (κ2) is 4.31. The molecule has 1 N–H and O–H groups in total. The van der Waals surface area contributed by atoms with E-state index in [1.165, 1.54) is 32.1 Å². The predicted molar refractivity (Wildman–Crippen MR) is 57.6 cm³/mol. The zero-order valence-corrected chi connectivity index (χ0v) is 9.55. The van der Waals surface area contributed by atoms with Crippen LogP contribution in [0.2, 0.25) is 0 Å². The van der Waals surface area contributed by atoms with Gasteiger partial charge >= 0.3 is 0 Å². The molecule has 4 heteroatoms. The maximum atomic E-state index is 5.19. The minimum absolute atomic E-state index is 0.192. The van der Waals surface area contributed by atoms with Gasteiger partial charge in [0.1, 0.15) is 0 Å². The third kappa shape index (κ3) is 2.37. The number of hydrogen-bond acceptors (Lipinski definition) is 4. The first-order valence-corrected chi connectivity index (χ1v) is 5.72.